The van der Waals surface area contributed by atoms with E-state index in [1.54, 1.807) is 41.1 Å². The Kier molecular flexibility index (Phi) is 11.6. The number of morpholine rings is 1. The molecule has 3 amide bonds. The summed E-state index contributed by atoms with van der Waals surface area (Å²) in [6.07, 6.45) is -2.09. The summed E-state index contributed by atoms with van der Waals surface area (Å²) in [4.78, 5) is 74.0. The van der Waals surface area contributed by atoms with Crippen molar-refractivity contribution in [3.05, 3.63) is 195 Å². The van der Waals surface area contributed by atoms with E-state index in [0.717, 1.165) is 10.4 Å². The number of nitrogens with two attached hydrogens (primary N) is 1. The molecule has 3 N–H and O–H groups in total. The SMILES string of the molecule is NC(=O)C1C2C(=O)OC(c3ccccc3)C(c3ccccc3)N2C(c2cccc(OCCO)c2)C12C(=O)N(C(=O)OCc1ccc([N+](=O)[O-])cc1)c1ccc(C#CCn3nnc4ccccc43)cc12. The summed E-state index contributed by atoms with van der Waals surface area (Å²) < 4.78 is 19.8. The largest absolute Gasteiger partial charge is 0.491 e. The average molecular weight is 924 g/mol. The molecule has 2 fully saturated rings. The lowest BCUT2D eigenvalue weighted by atomic mass is 9.65. The molecule has 17 nitrogen and oxygen atoms in total. The normalized spacial score (nSPS) is 21.5. The molecular formula is C52H41N7O10. The van der Waals surface area contributed by atoms with Crippen LogP contribution in [0.1, 0.15) is 51.6 Å². The number of aromatic nitrogens is 3. The van der Waals surface area contributed by atoms with E-state index >= 15 is 9.59 Å². The van der Waals surface area contributed by atoms with Gasteiger partial charge in [0.1, 0.15) is 48.6 Å². The van der Waals surface area contributed by atoms with Gasteiger partial charge in [-0.3, -0.25) is 29.4 Å². The Balaban J connectivity index is 1.19. The number of anilines is 1. The van der Waals surface area contributed by atoms with Gasteiger partial charge in [0.2, 0.25) is 11.8 Å². The Morgan fingerprint density at radius 3 is 2.28 bits per heavy atom. The third kappa shape index (κ3) is 7.67. The lowest BCUT2D eigenvalue weighted by Gasteiger charge is -2.46. The molecule has 3 aliphatic heterocycles. The van der Waals surface area contributed by atoms with Crippen LogP contribution in [-0.4, -0.2) is 73.1 Å². The second kappa shape index (κ2) is 18.2. The van der Waals surface area contributed by atoms with Crippen molar-refractivity contribution in [2.75, 3.05) is 18.1 Å². The van der Waals surface area contributed by atoms with Crippen LogP contribution in [0.15, 0.2) is 152 Å². The summed E-state index contributed by atoms with van der Waals surface area (Å²) in [6, 6.07) is 39.2. The fraction of sp³-hybridized carbons (Fsp3) is 0.192. The third-order valence-corrected chi connectivity index (χ3v) is 12.9. The maximum atomic E-state index is 16.2. The fourth-order valence-corrected chi connectivity index (χ4v) is 10.1. The number of hydrogen-bond acceptors (Lipinski definition) is 13. The first kappa shape index (κ1) is 44.1. The molecule has 1 aromatic heterocycles. The van der Waals surface area contributed by atoms with Gasteiger partial charge in [0.25, 0.3) is 5.69 Å². The number of nitrogens with zero attached hydrogens (tertiary/aromatic N) is 6. The number of esters is 1. The van der Waals surface area contributed by atoms with E-state index < -0.39 is 64.4 Å². The fourth-order valence-electron chi connectivity index (χ4n) is 10.1. The molecule has 6 atom stereocenters. The highest BCUT2D eigenvalue weighted by Gasteiger charge is 2.75. The Bertz CT molecular complexity index is 3210. The number of carbonyl (C=O) groups excluding carboxylic acids is 4. The van der Waals surface area contributed by atoms with Crippen LogP contribution < -0.4 is 15.4 Å². The number of carbonyl (C=O) groups is 4. The first-order valence-corrected chi connectivity index (χ1v) is 22.0. The lowest BCUT2D eigenvalue weighted by Crippen LogP contribution is -2.55. The maximum Gasteiger partial charge on any atom is 0.421 e. The van der Waals surface area contributed by atoms with Crippen molar-refractivity contribution in [3.8, 4) is 17.6 Å². The number of hydrogen-bond donors (Lipinski definition) is 2. The highest BCUT2D eigenvalue weighted by molar-refractivity contribution is 6.23. The van der Waals surface area contributed by atoms with Gasteiger partial charge in [0.05, 0.1) is 40.7 Å². The lowest BCUT2D eigenvalue weighted by molar-refractivity contribution is -0.384. The number of rotatable bonds is 11. The standard InChI is InChI=1S/C52H41N7O10/c53-48(61)43-45-49(62)69-46(35-14-5-2-6-15-35)44(34-12-3-1-4-13-34)58(45)47(36-16-9-17-38(30-36)67-28-27-60)52(43)39-29-32(11-10-26-56-42-19-8-7-18-40(42)54-55-56)22-25-41(39)57(50(52)63)51(64)68-31-33-20-23-37(24-21-33)59(65)66/h1-9,12-25,29-30,43-47,60H,26-28,31H2,(H2,53,61). The van der Waals surface area contributed by atoms with E-state index in [9.17, 15) is 24.8 Å². The summed E-state index contributed by atoms with van der Waals surface area (Å²) in [7, 11) is 0. The van der Waals surface area contributed by atoms with Crippen molar-refractivity contribution in [1.82, 2.24) is 19.9 Å². The number of primary amides is 1. The molecule has 69 heavy (non-hydrogen) atoms. The van der Waals surface area contributed by atoms with Crippen molar-refractivity contribution >= 4 is 46.3 Å². The van der Waals surface area contributed by atoms with Gasteiger partial charge in [-0.25, -0.2) is 14.4 Å². The molecule has 10 rings (SSSR count). The summed E-state index contributed by atoms with van der Waals surface area (Å²) in [6.45, 7) is -0.605. The molecule has 7 aromatic rings. The number of aliphatic hydroxyl groups is 1. The van der Waals surface area contributed by atoms with E-state index in [1.807, 2.05) is 89.8 Å². The van der Waals surface area contributed by atoms with Crippen LogP contribution in [-0.2, 0) is 42.4 Å². The molecule has 0 saturated carbocycles. The number of nitro groups is 1. The van der Waals surface area contributed by atoms with Crippen LogP contribution in [0.4, 0.5) is 16.2 Å². The Hall–Kier alpha value is -8.72. The highest BCUT2D eigenvalue weighted by Crippen LogP contribution is 2.66. The van der Waals surface area contributed by atoms with Crippen LogP contribution in [0.3, 0.4) is 0 Å². The quantitative estimate of drug-likeness (QED) is 0.0635. The molecule has 3 aliphatic rings. The third-order valence-electron chi connectivity index (χ3n) is 12.9. The van der Waals surface area contributed by atoms with Crippen molar-refractivity contribution in [2.24, 2.45) is 11.7 Å². The highest BCUT2D eigenvalue weighted by atomic mass is 16.6. The van der Waals surface area contributed by atoms with Crippen LogP contribution in [0.5, 0.6) is 5.75 Å². The van der Waals surface area contributed by atoms with Crippen molar-refractivity contribution < 1.29 is 43.4 Å². The smallest absolute Gasteiger partial charge is 0.421 e. The van der Waals surface area contributed by atoms with Crippen LogP contribution in [0.25, 0.3) is 11.0 Å². The number of aliphatic hydroxyl groups excluding tert-OH is 1. The molecule has 6 unspecified atom stereocenters. The summed E-state index contributed by atoms with van der Waals surface area (Å²) >= 11 is 0. The minimum atomic E-state index is -2.16. The van der Waals surface area contributed by atoms with E-state index in [4.69, 9.17) is 19.9 Å². The van der Waals surface area contributed by atoms with Gasteiger partial charge in [-0.15, -0.1) is 5.10 Å². The summed E-state index contributed by atoms with van der Waals surface area (Å²) in [5.41, 5.74) is 8.38. The topological polar surface area (TPSA) is 223 Å². The monoisotopic (exact) mass is 923 g/mol. The van der Waals surface area contributed by atoms with Crippen LogP contribution >= 0.6 is 0 Å². The van der Waals surface area contributed by atoms with E-state index in [-0.39, 0.29) is 43.3 Å². The summed E-state index contributed by atoms with van der Waals surface area (Å²) in [5.74, 6) is 2.20. The van der Waals surface area contributed by atoms with Gasteiger partial charge in [0, 0.05) is 17.7 Å². The van der Waals surface area contributed by atoms with Crippen LogP contribution in [0.2, 0.25) is 0 Å². The predicted octanol–water partition coefficient (Wildman–Crippen LogP) is 6.25. The van der Waals surface area contributed by atoms with Gasteiger partial charge in [-0.05, 0) is 82.4 Å². The minimum absolute atomic E-state index is 0.0505. The Morgan fingerprint density at radius 1 is 0.841 bits per heavy atom. The molecule has 17 heteroatoms. The van der Waals surface area contributed by atoms with Gasteiger partial charge in [-0.1, -0.05) is 102 Å². The van der Waals surface area contributed by atoms with Gasteiger partial charge in [0.15, 0.2) is 0 Å². The number of amides is 3. The number of ether oxygens (including phenoxy) is 3. The molecule has 0 bridgehead atoms. The van der Waals surface area contributed by atoms with Crippen LogP contribution in [0, 0.1) is 27.9 Å². The molecule has 0 aliphatic carbocycles. The molecule has 6 aromatic carbocycles. The van der Waals surface area contributed by atoms with Crippen molar-refractivity contribution in [1.29, 1.82) is 0 Å². The Morgan fingerprint density at radius 2 is 1.55 bits per heavy atom. The number of benzene rings is 6. The number of non-ortho nitro benzene ring substituents is 1. The molecular weight excluding hydrogens is 883 g/mol. The number of nitro benzene ring substituents is 1. The maximum absolute atomic E-state index is 16.2. The Labute approximate surface area is 393 Å². The number of fused-ring (bicyclic) bond motifs is 4. The first-order chi connectivity index (χ1) is 33.6. The zero-order chi connectivity index (χ0) is 47.8. The molecule has 0 radical (unpaired) electrons. The minimum Gasteiger partial charge on any atom is -0.491 e. The van der Waals surface area contributed by atoms with Gasteiger partial charge >= 0.3 is 12.1 Å². The van der Waals surface area contributed by atoms with Crippen molar-refractivity contribution in [3.63, 3.8) is 0 Å². The molecule has 1 spiro atoms. The van der Waals surface area contributed by atoms with Gasteiger partial charge in [-0.2, -0.15) is 0 Å². The van der Waals surface area contributed by atoms with E-state index in [1.165, 1.54) is 30.3 Å². The van der Waals surface area contributed by atoms with Crippen molar-refractivity contribution in [2.45, 2.75) is 42.8 Å². The zero-order valence-electron chi connectivity index (χ0n) is 36.5. The number of cyclic esters (lactones) is 1. The molecule has 4 heterocycles. The van der Waals surface area contributed by atoms with E-state index in [2.05, 4.69) is 22.2 Å². The first-order valence-electron chi connectivity index (χ1n) is 22.0. The second-order valence-electron chi connectivity index (χ2n) is 16.7. The predicted molar refractivity (Wildman–Crippen MR) is 248 cm³/mol. The number of imide groups is 1. The summed E-state index contributed by atoms with van der Waals surface area (Å²) in [5, 5.41) is 29.6. The van der Waals surface area contributed by atoms with Gasteiger partial charge < -0.3 is 25.1 Å². The second-order valence-corrected chi connectivity index (χ2v) is 16.7. The molecule has 344 valence electrons. The van der Waals surface area contributed by atoms with E-state index in [0.29, 0.717) is 39.1 Å². The number of para-hydroxylation sites is 1. The average Bonchev–Trinajstić information content (AvgIpc) is 4.01. The molecule has 2 saturated heterocycles. The zero-order valence-corrected chi connectivity index (χ0v) is 36.5.